The van der Waals surface area contributed by atoms with Gasteiger partial charge in [0.25, 0.3) is 0 Å². The Morgan fingerprint density at radius 2 is 1.82 bits per heavy atom. The molecule has 2 aromatic rings. The monoisotopic (exact) mass is 586 g/mol. The first kappa shape index (κ1) is 30.2. The molecule has 1 saturated heterocycles. The standard InChI is InChI=1S/C27H34F4N4O4S/c1-14-10-15(2)22(28)20(21(14)27(29,30)31)19-11-18-17(13-38-19)23(33-24(32-18)40(7)37)34-8-9-35(16(3)12-34)25(36)39-26(4,5)6/h10,16,19H,8-9,11-13H2,1-7H3/t16-,19?,40?/m1/s1. The molecular formula is C27H34F4N4O4S. The number of rotatable bonds is 3. The van der Waals surface area contributed by atoms with Crippen molar-refractivity contribution < 1.29 is 36.0 Å². The number of fused-ring (bicyclic) bond motifs is 1. The number of hydrogen-bond acceptors (Lipinski definition) is 7. The summed E-state index contributed by atoms with van der Waals surface area (Å²) in [6.07, 6.45) is -5.19. The number of benzene rings is 1. The van der Waals surface area contributed by atoms with E-state index >= 15 is 4.39 Å². The second-order valence-electron chi connectivity index (χ2n) is 11.3. The number of piperazine rings is 1. The SMILES string of the molecule is Cc1cc(C)c(C(F)(F)F)c(C2Cc3nc(S(C)=O)nc(N4CCN(C(=O)OC(C)(C)C)[C@H](C)C4)c3CO2)c1F. The molecule has 1 aromatic carbocycles. The Morgan fingerprint density at radius 3 is 2.40 bits per heavy atom. The second-order valence-corrected chi connectivity index (χ2v) is 12.6. The van der Waals surface area contributed by atoms with Crippen LogP contribution in [0.4, 0.5) is 28.2 Å². The van der Waals surface area contributed by atoms with Crippen molar-refractivity contribution in [3.05, 3.63) is 45.4 Å². The second kappa shape index (κ2) is 10.9. The number of nitrogens with zero attached hydrogens (tertiary/aromatic N) is 4. The first-order valence-electron chi connectivity index (χ1n) is 12.9. The number of hydrogen-bond donors (Lipinski definition) is 0. The van der Waals surface area contributed by atoms with Gasteiger partial charge in [-0.25, -0.2) is 19.2 Å². The Bertz CT molecular complexity index is 1350. The summed E-state index contributed by atoms with van der Waals surface area (Å²) < 4.78 is 81.2. The number of amides is 1. The minimum atomic E-state index is -4.78. The highest BCUT2D eigenvalue weighted by Gasteiger charge is 2.42. The summed E-state index contributed by atoms with van der Waals surface area (Å²) in [6.45, 7) is 10.9. The fourth-order valence-electron chi connectivity index (χ4n) is 5.22. The molecule has 3 atom stereocenters. The highest BCUT2D eigenvalue weighted by molar-refractivity contribution is 7.84. The van der Waals surface area contributed by atoms with Crippen LogP contribution in [0.3, 0.4) is 0 Å². The van der Waals surface area contributed by atoms with Crippen molar-refractivity contribution in [3.63, 3.8) is 0 Å². The van der Waals surface area contributed by atoms with E-state index in [9.17, 15) is 22.2 Å². The molecule has 8 nitrogen and oxygen atoms in total. The van der Waals surface area contributed by atoms with Crippen LogP contribution >= 0.6 is 0 Å². The lowest BCUT2D eigenvalue weighted by Gasteiger charge is -2.41. The highest BCUT2D eigenvalue weighted by Crippen LogP contribution is 2.43. The van der Waals surface area contributed by atoms with E-state index in [1.54, 1.807) is 25.7 Å². The number of carbonyl (C=O) groups excluding carboxylic acids is 1. The zero-order valence-electron chi connectivity index (χ0n) is 23.6. The van der Waals surface area contributed by atoms with Gasteiger partial charge in [0.05, 0.1) is 34.8 Å². The lowest BCUT2D eigenvalue weighted by molar-refractivity contribution is -0.140. The molecule has 1 aromatic heterocycles. The third-order valence-electron chi connectivity index (χ3n) is 6.95. The van der Waals surface area contributed by atoms with Gasteiger partial charge < -0.3 is 19.3 Å². The molecule has 0 aliphatic carbocycles. The predicted octanol–water partition coefficient (Wildman–Crippen LogP) is 5.25. The van der Waals surface area contributed by atoms with Crippen molar-refractivity contribution in [3.8, 4) is 0 Å². The maximum Gasteiger partial charge on any atom is 0.417 e. The van der Waals surface area contributed by atoms with Crippen LogP contribution in [0.2, 0.25) is 0 Å². The predicted molar refractivity (Wildman–Crippen MR) is 141 cm³/mol. The molecule has 2 unspecified atom stereocenters. The average Bonchev–Trinajstić information content (AvgIpc) is 2.82. The molecule has 0 N–H and O–H groups in total. The summed E-state index contributed by atoms with van der Waals surface area (Å²) in [5.41, 5.74) is -1.34. The third-order valence-corrected chi connectivity index (χ3v) is 7.65. The molecule has 40 heavy (non-hydrogen) atoms. The van der Waals surface area contributed by atoms with Crippen LogP contribution < -0.4 is 4.90 Å². The smallest absolute Gasteiger partial charge is 0.417 e. The van der Waals surface area contributed by atoms with E-state index in [0.717, 1.165) is 0 Å². The van der Waals surface area contributed by atoms with Crippen molar-refractivity contribution in [2.24, 2.45) is 0 Å². The van der Waals surface area contributed by atoms with Crippen molar-refractivity contribution in [2.45, 2.75) is 83.6 Å². The van der Waals surface area contributed by atoms with Crippen molar-refractivity contribution in [2.75, 3.05) is 30.8 Å². The van der Waals surface area contributed by atoms with Gasteiger partial charge in [-0.2, -0.15) is 13.2 Å². The quantitative estimate of drug-likeness (QED) is 0.359. The molecule has 0 spiro atoms. The van der Waals surface area contributed by atoms with Crippen LogP contribution in [0.25, 0.3) is 0 Å². The van der Waals surface area contributed by atoms with Crippen molar-refractivity contribution in [1.29, 1.82) is 0 Å². The Kier molecular flexibility index (Phi) is 8.21. The molecule has 1 fully saturated rings. The largest absolute Gasteiger partial charge is 0.444 e. The third kappa shape index (κ3) is 6.09. The van der Waals surface area contributed by atoms with Crippen LogP contribution in [0.15, 0.2) is 11.2 Å². The molecule has 2 aliphatic rings. The number of aromatic nitrogens is 2. The summed E-state index contributed by atoms with van der Waals surface area (Å²) in [5, 5.41) is 0.0218. The fraction of sp³-hybridized carbons (Fsp3) is 0.593. The van der Waals surface area contributed by atoms with E-state index in [-0.39, 0.29) is 35.4 Å². The van der Waals surface area contributed by atoms with E-state index in [0.29, 0.717) is 36.7 Å². The molecule has 0 radical (unpaired) electrons. The van der Waals surface area contributed by atoms with Crippen LogP contribution in [0, 0.1) is 19.7 Å². The number of alkyl halides is 3. The normalized spacial score (nSPS) is 20.8. The van der Waals surface area contributed by atoms with Gasteiger partial charge in [0.2, 0.25) is 5.16 Å². The molecule has 0 bridgehead atoms. The zero-order valence-corrected chi connectivity index (χ0v) is 24.4. The molecule has 0 saturated carbocycles. The number of halogens is 4. The minimum absolute atomic E-state index is 0.0218. The number of anilines is 1. The molecule has 2 aliphatic heterocycles. The van der Waals surface area contributed by atoms with Gasteiger partial charge >= 0.3 is 12.3 Å². The number of aryl methyl sites for hydroxylation is 2. The maximum absolute atomic E-state index is 15.2. The van der Waals surface area contributed by atoms with E-state index < -0.39 is 51.7 Å². The van der Waals surface area contributed by atoms with Crippen LogP contribution in [0.1, 0.15) is 67.3 Å². The Balaban J connectivity index is 1.69. The van der Waals surface area contributed by atoms with Gasteiger partial charge in [0.15, 0.2) is 0 Å². The van der Waals surface area contributed by atoms with Crippen LogP contribution in [-0.2, 0) is 39.5 Å². The Labute approximate surface area is 233 Å². The summed E-state index contributed by atoms with van der Waals surface area (Å²) >= 11 is 0. The van der Waals surface area contributed by atoms with Crippen molar-refractivity contribution >= 4 is 22.7 Å². The van der Waals surface area contributed by atoms with Crippen LogP contribution in [0.5, 0.6) is 0 Å². The molecule has 3 heterocycles. The van der Waals surface area contributed by atoms with Gasteiger partial charge in [0.1, 0.15) is 17.2 Å². The number of ether oxygens (including phenoxy) is 2. The fourth-order valence-corrected chi connectivity index (χ4v) is 5.67. The first-order chi connectivity index (χ1) is 18.5. The van der Waals surface area contributed by atoms with Gasteiger partial charge in [-0.3, -0.25) is 4.21 Å². The zero-order chi connectivity index (χ0) is 29.7. The molecule has 220 valence electrons. The lowest BCUT2D eigenvalue weighted by Crippen LogP contribution is -2.55. The Hall–Kier alpha value is -2.80. The van der Waals surface area contributed by atoms with E-state index in [2.05, 4.69) is 9.97 Å². The van der Waals surface area contributed by atoms with Crippen LogP contribution in [-0.4, -0.2) is 62.7 Å². The van der Waals surface area contributed by atoms with Gasteiger partial charge in [0, 0.05) is 49.5 Å². The Morgan fingerprint density at radius 1 is 1.15 bits per heavy atom. The highest BCUT2D eigenvalue weighted by atomic mass is 32.2. The number of carbonyl (C=O) groups is 1. The minimum Gasteiger partial charge on any atom is -0.444 e. The lowest BCUT2D eigenvalue weighted by atomic mass is 9.90. The van der Waals surface area contributed by atoms with Crippen molar-refractivity contribution in [1.82, 2.24) is 14.9 Å². The van der Waals surface area contributed by atoms with Gasteiger partial charge in [-0.05, 0) is 52.7 Å². The topological polar surface area (TPSA) is 84.9 Å². The first-order valence-corrected chi connectivity index (χ1v) is 14.5. The van der Waals surface area contributed by atoms with E-state index in [4.69, 9.17) is 9.47 Å². The molecule has 1 amide bonds. The van der Waals surface area contributed by atoms with Gasteiger partial charge in [-0.1, -0.05) is 6.07 Å². The maximum atomic E-state index is 15.2. The van der Waals surface area contributed by atoms with Gasteiger partial charge in [-0.15, -0.1) is 0 Å². The average molecular weight is 587 g/mol. The summed E-state index contributed by atoms with van der Waals surface area (Å²) in [4.78, 5) is 25.2. The van der Waals surface area contributed by atoms with E-state index in [1.165, 1.54) is 26.2 Å². The summed E-state index contributed by atoms with van der Waals surface area (Å²) in [7, 11) is -1.59. The molecule has 4 rings (SSSR count). The van der Waals surface area contributed by atoms with E-state index in [1.807, 2.05) is 11.8 Å². The summed E-state index contributed by atoms with van der Waals surface area (Å²) in [6, 6.07) is 0.926. The summed E-state index contributed by atoms with van der Waals surface area (Å²) in [5.74, 6) is -0.520. The molecule has 13 heteroatoms. The molecular weight excluding hydrogens is 552 g/mol.